The van der Waals surface area contributed by atoms with E-state index >= 15 is 0 Å². The number of esters is 1. The number of anilines is 1. The fraction of sp³-hybridized carbons (Fsp3) is 0.111. The zero-order valence-electron chi connectivity index (χ0n) is 14.1. The Bertz CT molecular complexity index is 967. The van der Waals surface area contributed by atoms with Crippen molar-refractivity contribution in [1.82, 2.24) is 15.0 Å². The molecule has 0 bridgehead atoms. The summed E-state index contributed by atoms with van der Waals surface area (Å²) in [5.41, 5.74) is 2.41. The number of amides is 1. The number of benzene rings is 2. The van der Waals surface area contributed by atoms with Crippen LogP contribution in [0.15, 0.2) is 48.5 Å². The van der Waals surface area contributed by atoms with E-state index in [0.29, 0.717) is 27.7 Å². The summed E-state index contributed by atoms with van der Waals surface area (Å²) in [6, 6.07) is 13.5. The minimum Gasteiger partial charge on any atom is -0.465 e. The first-order chi connectivity index (χ1) is 12.5. The predicted molar refractivity (Wildman–Crippen MR) is 96.8 cm³/mol. The lowest BCUT2D eigenvalue weighted by atomic mass is 10.2. The molecule has 1 N–H and O–H groups in total. The molecule has 8 heteroatoms. The number of rotatable bonds is 4. The Morgan fingerprint density at radius 2 is 1.88 bits per heavy atom. The Morgan fingerprint density at radius 3 is 2.54 bits per heavy atom. The number of hydrogen-bond donors (Lipinski definition) is 1. The molecule has 0 aliphatic heterocycles. The first kappa shape index (κ1) is 17.6. The number of ether oxygens (including phenoxy) is 1. The van der Waals surface area contributed by atoms with Crippen molar-refractivity contribution < 1.29 is 14.3 Å². The number of carbonyl (C=O) groups excluding carboxylic acids is 2. The second-order valence-electron chi connectivity index (χ2n) is 5.44. The van der Waals surface area contributed by atoms with Crippen LogP contribution in [0.25, 0.3) is 5.69 Å². The van der Waals surface area contributed by atoms with Gasteiger partial charge in [-0.05, 0) is 49.4 Å². The Balaban J connectivity index is 1.80. The minimum absolute atomic E-state index is 0.196. The van der Waals surface area contributed by atoms with Gasteiger partial charge in [-0.25, -0.2) is 9.48 Å². The predicted octanol–water partition coefficient (Wildman–Crippen LogP) is 3.27. The fourth-order valence-electron chi connectivity index (χ4n) is 2.39. The van der Waals surface area contributed by atoms with Crippen molar-refractivity contribution in [3.05, 3.63) is 70.5 Å². The van der Waals surface area contributed by atoms with Crippen LogP contribution in [0.2, 0.25) is 5.02 Å². The molecule has 1 amide bonds. The van der Waals surface area contributed by atoms with Crippen LogP contribution in [-0.2, 0) is 4.74 Å². The second-order valence-corrected chi connectivity index (χ2v) is 5.87. The van der Waals surface area contributed by atoms with E-state index in [-0.39, 0.29) is 5.69 Å². The zero-order chi connectivity index (χ0) is 18.7. The van der Waals surface area contributed by atoms with Crippen LogP contribution in [0.1, 0.15) is 26.5 Å². The number of hydrogen-bond acceptors (Lipinski definition) is 5. The van der Waals surface area contributed by atoms with E-state index in [1.807, 2.05) is 6.07 Å². The molecule has 0 saturated carbocycles. The minimum atomic E-state index is -0.441. The van der Waals surface area contributed by atoms with Crippen molar-refractivity contribution in [2.75, 3.05) is 12.4 Å². The standard InChI is InChI=1S/C18H15ClN4O3/c1-11-16(21-22-23(11)15-5-3-4-13(19)10-15)17(24)20-14-8-6-12(7-9-14)18(25)26-2/h3-10H,1-2H3,(H,20,24). The van der Waals surface area contributed by atoms with Gasteiger partial charge in [-0.3, -0.25) is 4.79 Å². The molecule has 0 radical (unpaired) electrons. The van der Waals surface area contributed by atoms with E-state index in [4.69, 9.17) is 11.6 Å². The van der Waals surface area contributed by atoms with Crippen LogP contribution >= 0.6 is 11.6 Å². The summed E-state index contributed by atoms with van der Waals surface area (Å²) in [6.45, 7) is 1.75. The van der Waals surface area contributed by atoms with Crippen molar-refractivity contribution in [2.24, 2.45) is 0 Å². The van der Waals surface area contributed by atoms with E-state index < -0.39 is 11.9 Å². The van der Waals surface area contributed by atoms with Crippen molar-refractivity contribution in [3.63, 3.8) is 0 Å². The third-order valence-electron chi connectivity index (χ3n) is 3.73. The van der Waals surface area contributed by atoms with E-state index in [0.717, 1.165) is 0 Å². The van der Waals surface area contributed by atoms with Gasteiger partial charge in [0.1, 0.15) is 0 Å². The highest BCUT2D eigenvalue weighted by Gasteiger charge is 2.18. The van der Waals surface area contributed by atoms with Crippen molar-refractivity contribution >= 4 is 29.2 Å². The molecule has 0 unspecified atom stereocenters. The van der Waals surface area contributed by atoms with Crippen LogP contribution in [-0.4, -0.2) is 34.0 Å². The number of carbonyl (C=O) groups is 2. The monoisotopic (exact) mass is 370 g/mol. The Morgan fingerprint density at radius 1 is 1.15 bits per heavy atom. The smallest absolute Gasteiger partial charge is 0.337 e. The molecule has 1 heterocycles. The summed E-state index contributed by atoms with van der Waals surface area (Å²) < 4.78 is 6.18. The summed E-state index contributed by atoms with van der Waals surface area (Å²) in [6.07, 6.45) is 0. The Labute approximate surface area is 154 Å². The lowest BCUT2D eigenvalue weighted by molar-refractivity contribution is 0.0600. The Kier molecular flexibility index (Phi) is 4.99. The van der Waals surface area contributed by atoms with Gasteiger partial charge in [-0.2, -0.15) is 0 Å². The summed E-state index contributed by atoms with van der Waals surface area (Å²) in [4.78, 5) is 23.9. The average molecular weight is 371 g/mol. The molecule has 26 heavy (non-hydrogen) atoms. The summed E-state index contributed by atoms with van der Waals surface area (Å²) in [7, 11) is 1.31. The van der Waals surface area contributed by atoms with Gasteiger partial charge in [0, 0.05) is 10.7 Å². The first-order valence-electron chi connectivity index (χ1n) is 7.67. The highest BCUT2D eigenvalue weighted by atomic mass is 35.5. The number of halogens is 1. The topological polar surface area (TPSA) is 86.1 Å². The normalized spacial score (nSPS) is 10.4. The van der Waals surface area contributed by atoms with Gasteiger partial charge in [-0.15, -0.1) is 5.10 Å². The van der Waals surface area contributed by atoms with E-state index in [1.54, 1.807) is 54.1 Å². The number of nitrogens with one attached hydrogen (secondary N) is 1. The first-order valence-corrected chi connectivity index (χ1v) is 8.05. The summed E-state index contributed by atoms with van der Waals surface area (Å²) in [5, 5.41) is 11.3. The van der Waals surface area contributed by atoms with E-state index in [2.05, 4.69) is 20.4 Å². The van der Waals surface area contributed by atoms with Crippen LogP contribution in [0.5, 0.6) is 0 Å². The molecule has 2 aromatic carbocycles. The third-order valence-corrected chi connectivity index (χ3v) is 3.96. The maximum atomic E-state index is 12.5. The van der Waals surface area contributed by atoms with Gasteiger partial charge < -0.3 is 10.1 Å². The number of methoxy groups -OCH3 is 1. The largest absolute Gasteiger partial charge is 0.465 e. The van der Waals surface area contributed by atoms with Crippen molar-refractivity contribution in [2.45, 2.75) is 6.92 Å². The van der Waals surface area contributed by atoms with Crippen molar-refractivity contribution in [1.29, 1.82) is 0 Å². The lowest BCUT2D eigenvalue weighted by Gasteiger charge is -2.06. The van der Waals surface area contributed by atoms with Crippen molar-refractivity contribution in [3.8, 4) is 5.69 Å². The van der Waals surface area contributed by atoms with Crippen LogP contribution in [0.3, 0.4) is 0 Å². The van der Waals surface area contributed by atoms with Gasteiger partial charge in [0.25, 0.3) is 5.91 Å². The van der Waals surface area contributed by atoms with Gasteiger partial charge in [-0.1, -0.05) is 22.9 Å². The quantitative estimate of drug-likeness (QED) is 0.712. The van der Waals surface area contributed by atoms with Gasteiger partial charge in [0.05, 0.1) is 24.1 Å². The maximum absolute atomic E-state index is 12.5. The molecule has 0 aliphatic carbocycles. The highest BCUT2D eigenvalue weighted by molar-refractivity contribution is 6.30. The molecule has 0 spiro atoms. The van der Waals surface area contributed by atoms with E-state index in [1.165, 1.54) is 7.11 Å². The molecule has 0 atom stereocenters. The molecular formula is C18H15ClN4O3. The Hall–Kier alpha value is -3.19. The summed E-state index contributed by atoms with van der Waals surface area (Å²) in [5.74, 6) is -0.843. The van der Waals surface area contributed by atoms with Crippen LogP contribution in [0.4, 0.5) is 5.69 Å². The highest BCUT2D eigenvalue weighted by Crippen LogP contribution is 2.18. The molecule has 0 aliphatic rings. The van der Waals surface area contributed by atoms with Crippen LogP contribution in [0, 0.1) is 6.92 Å². The molecule has 3 rings (SSSR count). The lowest BCUT2D eigenvalue weighted by Crippen LogP contribution is -2.14. The molecule has 3 aromatic rings. The molecular weight excluding hydrogens is 356 g/mol. The number of nitrogens with zero attached hydrogens (tertiary/aromatic N) is 3. The van der Waals surface area contributed by atoms with Gasteiger partial charge >= 0.3 is 5.97 Å². The molecule has 1 aromatic heterocycles. The van der Waals surface area contributed by atoms with E-state index in [9.17, 15) is 9.59 Å². The molecule has 7 nitrogen and oxygen atoms in total. The SMILES string of the molecule is COC(=O)c1ccc(NC(=O)c2nnn(-c3cccc(Cl)c3)c2C)cc1. The molecule has 132 valence electrons. The second kappa shape index (κ2) is 7.37. The average Bonchev–Trinajstić information content (AvgIpc) is 3.03. The van der Waals surface area contributed by atoms with Crippen LogP contribution < -0.4 is 5.32 Å². The third kappa shape index (κ3) is 3.57. The zero-order valence-corrected chi connectivity index (χ0v) is 14.8. The molecule has 0 saturated heterocycles. The van der Waals surface area contributed by atoms with Gasteiger partial charge in [0.2, 0.25) is 0 Å². The fourth-order valence-corrected chi connectivity index (χ4v) is 2.57. The van der Waals surface area contributed by atoms with Gasteiger partial charge in [0.15, 0.2) is 5.69 Å². The summed E-state index contributed by atoms with van der Waals surface area (Å²) >= 11 is 6.00. The molecule has 0 fully saturated rings. The maximum Gasteiger partial charge on any atom is 0.337 e. The number of aromatic nitrogens is 3.